The molecule has 1 atom stereocenters. The van der Waals surface area contributed by atoms with E-state index in [9.17, 15) is 0 Å². The normalized spacial score (nSPS) is 19.0. The highest BCUT2D eigenvalue weighted by molar-refractivity contribution is 9.10. The smallest absolute Gasteiger partial charge is 0.0513 e. The minimum Gasteiger partial charge on any atom is -0.368 e. The molecule has 1 aliphatic rings. The van der Waals surface area contributed by atoms with Crippen LogP contribution in [0.1, 0.15) is 57.9 Å². The summed E-state index contributed by atoms with van der Waals surface area (Å²) in [6.45, 7) is 7.76. The van der Waals surface area contributed by atoms with Gasteiger partial charge in [0.25, 0.3) is 0 Å². The van der Waals surface area contributed by atoms with Gasteiger partial charge in [-0.2, -0.15) is 0 Å². The summed E-state index contributed by atoms with van der Waals surface area (Å²) in [5.74, 6) is 0. The first-order chi connectivity index (χ1) is 10.3. The average Bonchev–Trinajstić information content (AvgIpc) is 2.49. The second kappa shape index (κ2) is 8.79. The molecular weight excluding hydrogens is 324 g/mol. The maximum atomic E-state index is 3.80. The number of halogens is 1. The van der Waals surface area contributed by atoms with E-state index in [1.165, 1.54) is 60.8 Å². The van der Waals surface area contributed by atoms with Crippen LogP contribution in [0.2, 0.25) is 0 Å². The largest absolute Gasteiger partial charge is 0.368 e. The molecule has 21 heavy (non-hydrogen) atoms. The molecule has 1 aliphatic heterocycles. The van der Waals surface area contributed by atoms with Crippen molar-refractivity contribution in [3.05, 3.63) is 28.2 Å². The number of anilines is 1. The SMILES string of the molecule is CCCNCc1ccc(N2CCCCC2CCC)c(Br)c1. The Balaban J connectivity index is 2.07. The van der Waals surface area contributed by atoms with Crippen LogP contribution in [0, 0.1) is 0 Å². The Morgan fingerprint density at radius 3 is 2.81 bits per heavy atom. The molecule has 1 saturated heterocycles. The van der Waals surface area contributed by atoms with E-state index in [-0.39, 0.29) is 0 Å². The standard InChI is InChI=1S/C18H29BrN2/c1-3-7-16-8-5-6-12-21(16)18-10-9-15(13-17(18)19)14-20-11-4-2/h9-10,13,16,20H,3-8,11-12,14H2,1-2H3. The topological polar surface area (TPSA) is 15.3 Å². The summed E-state index contributed by atoms with van der Waals surface area (Å²) in [7, 11) is 0. The van der Waals surface area contributed by atoms with Crippen molar-refractivity contribution in [1.29, 1.82) is 0 Å². The first kappa shape index (κ1) is 16.8. The number of benzene rings is 1. The van der Waals surface area contributed by atoms with E-state index in [1.807, 2.05) is 0 Å². The van der Waals surface area contributed by atoms with Crippen molar-refractivity contribution in [2.24, 2.45) is 0 Å². The van der Waals surface area contributed by atoms with Gasteiger partial charge in [0, 0.05) is 23.6 Å². The molecule has 118 valence electrons. The molecule has 0 amide bonds. The first-order valence-corrected chi connectivity index (χ1v) is 9.31. The van der Waals surface area contributed by atoms with Crippen LogP contribution in [0.4, 0.5) is 5.69 Å². The number of piperidine rings is 1. The monoisotopic (exact) mass is 352 g/mol. The quantitative estimate of drug-likeness (QED) is 0.686. The predicted octanol–water partition coefficient (Wildman–Crippen LogP) is 5.11. The van der Waals surface area contributed by atoms with E-state index in [2.05, 4.69) is 58.2 Å². The summed E-state index contributed by atoms with van der Waals surface area (Å²) in [5, 5.41) is 3.47. The highest BCUT2D eigenvalue weighted by Crippen LogP contribution is 2.33. The van der Waals surface area contributed by atoms with Crippen molar-refractivity contribution in [2.45, 2.75) is 65.0 Å². The Hall–Kier alpha value is -0.540. The van der Waals surface area contributed by atoms with Gasteiger partial charge in [0.1, 0.15) is 0 Å². The van der Waals surface area contributed by atoms with Gasteiger partial charge in [0.15, 0.2) is 0 Å². The summed E-state index contributed by atoms with van der Waals surface area (Å²) in [6.07, 6.45) is 7.83. The van der Waals surface area contributed by atoms with Crippen molar-refractivity contribution in [3.63, 3.8) is 0 Å². The van der Waals surface area contributed by atoms with Gasteiger partial charge >= 0.3 is 0 Å². The van der Waals surface area contributed by atoms with Crippen LogP contribution < -0.4 is 10.2 Å². The molecule has 0 saturated carbocycles. The fourth-order valence-electron chi connectivity index (χ4n) is 3.25. The van der Waals surface area contributed by atoms with Crippen molar-refractivity contribution >= 4 is 21.6 Å². The molecule has 1 unspecified atom stereocenters. The minimum absolute atomic E-state index is 0.726. The van der Waals surface area contributed by atoms with Gasteiger partial charge < -0.3 is 10.2 Å². The highest BCUT2D eigenvalue weighted by atomic mass is 79.9. The zero-order valence-corrected chi connectivity index (χ0v) is 15.1. The third-order valence-corrected chi connectivity index (χ3v) is 4.96. The van der Waals surface area contributed by atoms with Crippen molar-refractivity contribution in [2.75, 3.05) is 18.0 Å². The number of hydrogen-bond donors (Lipinski definition) is 1. The first-order valence-electron chi connectivity index (χ1n) is 8.52. The molecule has 0 aromatic heterocycles. The molecule has 0 bridgehead atoms. The van der Waals surface area contributed by atoms with Crippen LogP contribution in [-0.2, 0) is 6.54 Å². The minimum atomic E-state index is 0.726. The van der Waals surface area contributed by atoms with Gasteiger partial charge in [-0.1, -0.05) is 26.3 Å². The summed E-state index contributed by atoms with van der Waals surface area (Å²) in [5.41, 5.74) is 2.75. The summed E-state index contributed by atoms with van der Waals surface area (Å²) < 4.78 is 1.25. The van der Waals surface area contributed by atoms with Crippen molar-refractivity contribution in [3.8, 4) is 0 Å². The number of nitrogens with zero attached hydrogens (tertiary/aromatic N) is 1. The Kier molecular flexibility index (Phi) is 7.05. The Bertz CT molecular complexity index is 431. The number of hydrogen-bond acceptors (Lipinski definition) is 2. The summed E-state index contributed by atoms with van der Waals surface area (Å²) in [4.78, 5) is 2.63. The molecule has 3 heteroatoms. The van der Waals surface area contributed by atoms with E-state index in [4.69, 9.17) is 0 Å². The molecule has 1 fully saturated rings. The second-order valence-electron chi connectivity index (χ2n) is 6.09. The summed E-state index contributed by atoms with van der Waals surface area (Å²) >= 11 is 3.80. The van der Waals surface area contributed by atoms with E-state index in [1.54, 1.807) is 0 Å². The van der Waals surface area contributed by atoms with Crippen LogP contribution in [0.25, 0.3) is 0 Å². The predicted molar refractivity (Wildman–Crippen MR) is 96.0 cm³/mol. The molecule has 2 rings (SSSR count). The van der Waals surface area contributed by atoms with Crippen LogP contribution in [0.15, 0.2) is 22.7 Å². The lowest BCUT2D eigenvalue weighted by molar-refractivity contribution is 0.434. The molecule has 2 nitrogen and oxygen atoms in total. The maximum absolute atomic E-state index is 3.80. The number of nitrogens with one attached hydrogen (secondary N) is 1. The van der Waals surface area contributed by atoms with Crippen LogP contribution in [-0.4, -0.2) is 19.1 Å². The lowest BCUT2D eigenvalue weighted by atomic mass is 9.97. The fourth-order valence-corrected chi connectivity index (χ4v) is 3.91. The summed E-state index contributed by atoms with van der Waals surface area (Å²) in [6, 6.07) is 7.60. The van der Waals surface area contributed by atoms with E-state index >= 15 is 0 Å². The van der Waals surface area contributed by atoms with E-state index < -0.39 is 0 Å². The van der Waals surface area contributed by atoms with E-state index in [0.29, 0.717) is 0 Å². The third kappa shape index (κ3) is 4.72. The van der Waals surface area contributed by atoms with Crippen LogP contribution >= 0.6 is 15.9 Å². The van der Waals surface area contributed by atoms with Crippen molar-refractivity contribution in [1.82, 2.24) is 5.32 Å². The van der Waals surface area contributed by atoms with Gasteiger partial charge in [-0.25, -0.2) is 0 Å². The molecule has 0 radical (unpaired) electrons. The second-order valence-corrected chi connectivity index (χ2v) is 6.95. The Labute approximate surface area is 138 Å². The van der Waals surface area contributed by atoms with Gasteiger partial charge in [0.05, 0.1) is 5.69 Å². The zero-order chi connectivity index (χ0) is 15.1. The van der Waals surface area contributed by atoms with Gasteiger partial charge in [-0.3, -0.25) is 0 Å². The fraction of sp³-hybridized carbons (Fsp3) is 0.667. The lowest BCUT2D eigenvalue weighted by Crippen LogP contribution is -2.39. The molecule has 0 aliphatic carbocycles. The molecule has 1 aromatic carbocycles. The lowest BCUT2D eigenvalue weighted by Gasteiger charge is -2.38. The Morgan fingerprint density at radius 2 is 2.10 bits per heavy atom. The third-order valence-electron chi connectivity index (χ3n) is 4.33. The van der Waals surface area contributed by atoms with Crippen LogP contribution in [0.5, 0.6) is 0 Å². The molecule has 1 aromatic rings. The average molecular weight is 353 g/mol. The number of rotatable bonds is 7. The zero-order valence-electron chi connectivity index (χ0n) is 13.5. The van der Waals surface area contributed by atoms with Gasteiger partial charge in [0.2, 0.25) is 0 Å². The molecule has 1 heterocycles. The Morgan fingerprint density at radius 1 is 1.24 bits per heavy atom. The van der Waals surface area contributed by atoms with E-state index in [0.717, 1.165) is 19.1 Å². The highest BCUT2D eigenvalue weighted by Gasteiger charge is 2.23. The maximum Gasteiger partial charge on any atom is 0.0513 e. The molecule has 1 N–H and O–H groups in total. The van der Waals surface area contributed by atoms with Crippen molar-refractivity contribution < 1.29 is 0 Å². The van der Waals surface area contributed by atoms with Gasteiger partial charge in [-0.15, -0.1) is 0 Å². The van der Waals surface area contributed by atoms with Crippen LogP contribution in [0.3, 0.4) is 0 Å². The molecular formula is C18H29BrN2. The van der Waals surface area contributed by atoms with Gasteiger partial charge in [-0.05, 0) is 72.3 Å². The molecule has 0 spiro atoms.